The highest BCUT2D eigenvalue weighted by molar-refractivity contribution is 5.78. The van der Waals surface area contributed by atoms with Crippen LogP contribution in [0.4, 0.5) is 22.4 Å². The van der Waals surface area contributed by atoms with Crippen molar-refractivity contribution in [3.63, 3.8) is 0 Å². The molecule has 1 aliphatic heterocycles. The first-order valence-electron chi connectivity index (χ1n) is 9.38. The number of nitrogens with one attached hydrogen (secondary N) is 1. The van der Waals surface area contributed by atoms with Crippen molar-refractivity contribution in [2.24, 2.45) is 0 Å². The van der Waals surface area contributed by atoms with Crippen molar-refractivity contribution in [1.82, 2.24) is 20.0 Å². The van der Waals surface area contributed by atoms with Gasteiger partial charge < -0.3 is 15.1 Å². The summed E-state index contributed by atoms with van der Waals surface area (Å²) in [4.78, 5) is 28.5. The summed E-state index contributed by atoms with van der Waals surface area (Å²) in [7, 11) is 1.69. The smallest absolute Gasteiger partial charge is 0.319 e. The van der Waals surface area contributed by atoms with Crippen LogP contribution in [0.15, 0.2) is 30.3 Å². The highest BCUT2D eigenvalue weighted by Crippen LogP contribution is 2.24. The van der Waals surface area contributed by atoms with Crippen LogP contribution in [0.25, 0.3) is 0 Å². The van der Waals surface area contributed by atoms with E-state index in [1.165, 1.54) is 9.80 Å². The fraction of sp³-hybridized carbons (Fsp3) is 0.579. The second-order valence-corrected chi connectivity index (χ2v) is 7.04. The molecule has 1 fully saturated rings. The predicted molar refractivity (Wildman–Crippen MR) is 99.9 cm³/mol. The molecular formula is C19H26F4N4O2. The number of amides is 3. The topological polar surface area (TPSA) is 55.9 Å². The highest BCUT2D eigenvalue weighted by Gasteiger charge is 2.42. The third-order valence-corrected chi connectivity index (χ3v) is 4.72. The van der Waals surface area contributed by atoms with Crippen LogP contribution in [0.3, 0.4) is 0 Å². The maximum atomic E-state index is 13.1. The molecule has 0 aliphatic carbocycles. The van der Waals surface area contributed by atoms with Crippen molar-refractivity contribution >= 4 is 11.9 Å². The minimum Gasteiger partial charge on any atom is -0.341 e. The summed E-state index contributed by atoms with van der Waals surface area (Å²) in [6.45, 7) is 0.102. The summed E-state index contributed by atoms with van der Waals surface area (Å²) in [6.07, 6.45) is -3.57. The Morgan fingerprint density at radius 1 is 1.14 bits per heavy atom. The molecule has 1 heterocycles. The van der Waals surface area contributed by atoms with Crippen LogP contribution in [0.1, 0.15) is 12.0 Å². The van der Waals surface area contributed by atoms with E-state index in [0.717, 1.165) is 5.56 Å². The minimum atomic E-state index is -4.06. The normalized spacial score (nSPS) is 15.4. The molecule has 1 aromatic carbocycles. The molecule has 0 saturated carbocycles. The average molecular weight is 418 g/mol. The van der Waals surface area contributed by atoms with E-state index in [9.17, 15) is 27.2 Å². The summed E-state index contributed by atoms with van der Waals surface area (Å²) < 4.78 is 50.8. The van der Waals surface area contributed by atoms with Crippen molar-refractivity contribution in [3.8, 4) is 0 Å². The number of hydrogen-bond acceptors (Lipinski definition) is 3. The van der Waals surface area contributed by atoms with Gasteiger partial charge >= 0.3 is 18.4 Å². The summed E-state index contributed by atoms with van der Waals surface area (Å²) >= 11 is 0. The number of piperazine rings is 1. The van der Waals surface area contributed by atoms with Gasteiger partial charge in [0.1, 0.15) is 0 Å². The lowest BCUT2D eigenvalue weighted by Gasteiger charge is -2.36. The number of urea groups is 1. The fourth-order valence-electron chi connectivity index (χ4n) is 3.00. The SMILES string of the molecule is CN(Cc1ccccc1)C(=O)CCNC(=O)N1CCN(CC(F)(F)C(F)F)CC1. The van der Waals surface area contributed by atoms with Gasteiger partial charge in [-0.3, -0.25) is 9.69 Å². The van der Waals surface area contributed by atoms with Gasteiger partial charge in [0.2, 0.25) is 5.91 Å². The minimum absolute atomic E-state index is 0.0917. The molecule has 29 heavy (non-hydrogen) atoms. The zero-order valence-corrected chi connectivity index (χ0v) is 16.3. The molecule has 3 amide bonds. The van der Waals surface area contributed by atoms with Crippen LogP contribution in [0, 0.1) is 0 Å². The van der Waals surface area contributed by atoms with E-state index in [0.29, 0.717) is 6.54 Å². The molecule has 1 N–H and O–H groups in total. The van der Waals surface area contributed by atoms with Crippen LogP contribution in [0.2, 0.25) is 0 Å². The lowest BCUT2D eigenvalue weighted by Crippen LogP contribution is -2.54. The van der Waals surface area contributed by atoms with Gasteiger partial charge in [0.25, 0.3) is 0 Å². The maximum absolute atomic E-state index is 13.1. The fourth-order valence-corrected chi connectivity index (χ4v) is 3.00. The van der Waals surface area contributed by atoms with Gasteiger partial charge in [0.05, 0.1) is 6.54 Å². The average Bonchev–Trinajstić information content (AvgIpc) is 2.68. The molecule has 0 atom stereocenters. The third kappa shape index (κ3) is 7.19. The number of benzene rings is 1. The number of carbonyl (C=O) groups is 2. The first-order valence-corrected chi connectivity index (χ1v) is 9.38. The van der Waals surface area contributed by atoms with Gasteiger partial charge in [-0.1, -0.05) is 30.3 Å². The number of carbonyl (C=O) groups excluding carboxylic acids is 2. The Kier molecular flexibility index (Phi) is 8.24. The summed E-state index contributed by atoms with van der Waals surface area (Å²) in [5.74, 6) is -4.18. The van der Waals surface area contributed by atoms with E-state index < -0.39 is 24.9 Å². The Labute approximate surface area is 167 Å². The largest absolute Gasteiger partial charge is 0.341 e. The molecule has 2 rings (SSSR count). The van der Waals surface area contributed by atoms with Gasteiger partial charge in [0.15, 0.2) is 0 Å². The number of halogens is 4. The molecule has 0 radical (unpaired) electrons. The highest BCUT2D eigenvalue weighted by atomic mass is 19.3. The van der Waals surface area contributed by atoms with Crippen molar-refractivity contribution in [3.05, 3.63) is 35.9 Å². The molecule has 0 bridgehead atoms. The van der Waals surface area contributed by atoms with E-state index in [1.54, 1.807) is 11.9 Å². The van der Waals surface area contributed by atoms with E-state index in [4.69, 9.17) is 0 Å². The van der Waals surface area contributed by atoms with Crippen molar-refractivity contribution in [2.45, 2.75) is 25.3 Å². The summed E-state index contributed by atoms with van der Waals surface area (Å²) in [6, 6.07) is 9.11. The zero-order valence-electron chi connectivity index (χ0n) is 16.3. The van der Waals surface area contributed by atoms with Gasteiger partial charge in [-0.2, -0.15) is 8.78 Å². The molecule has 0 spiro atoms. The molecule has 162 valence electrons. The Balaban J connectivity index is 1.66. The molecule has 1 saturated heterocycles. The molecule has 1 aliphatic rings. The molecule has 0 unspecified atom stereocenters. The van der Waals surface area contributed by atoms with E-state index in [1.807, 2.05) is 30.3 Å². The van der Waals surface area contributed by atoms with E-state index >= 15 is 0 Å². The Morgan fingerprint density at radius 3 is 2.34 bits per heavy atom. The summed E-state index contributed by atoms with van der Waals surface area (Å²) in [5, 5.41) is 2.64. The van der Waals surface area contributed by atoms with Gasteiger partial charge in [-0.15, -0.1) is 0 Å². The zero-order chi connectivity index (χ0) is 21.4. The third-order valence-electron chi connectivity index (χ3n) is 4.72. The van der Waals surface area contributed by atoms with Crippen LogP contribution in [0.5, 0.6) is 0 Å². The van der Waals surface area contributed by atoms with Gasteiger partial charge in [-0.05, 0) is 5.56 Å². The summed E-state index contributed by atoms with van der Waals surface area (Å²) in [5.41, 5.74) is 1.00. The quantitative estimate of drug-likeness (QED) is 0.659. The maximum Gasteiger partial charge on any atom is 0.319 e. The first-order chi connectivity index (χ1) is 13.7. The molecule has 6 nitrogen and oxygen atoms in total. The number of rotatable bonds is 8. The van der Waals surface area contributed by atoms with Crippen molar-refractivity contribution in [2.75, 3.05) is 46.3 Å². The second kappa shape index (κ2) is 10.4. The van der Waals surface area contributed by atoms with Crippen LogP contribution in [-0.2, 0) is 11.3 Å². The number of hydrogen-bond donors (Lipinski definition) is 1. The second-order valence-electron chi connectivity index (χ2n) is 7.04. The molecule has 1 aromatic rings. The van der Waals surface area contributed by atoms with Crippen molar-refractivity contribution in [1.29, 1.82) is 0 Å². The lowest BCUT2D eigenvalue weighted by atomic mass is 10.2. The predicted octanol–water partition coefficient (Wildman–Crippen LogP) is 2.26. The first kappa shape index (κ1) is 22.9. The van der Waals surface area contributed by atoms with Crippen LogP contribution in [-0.4, -0.2) is 85.3 Å². The lowest BCUT2D eigenvalue weighted by molar-refractivity contribution is -0.144. The monoisotopic (exact) mass is 418 g/mol. The van der Waals surface area contributed by atoms with Gasteiger partial charge in [0, 0.05) is 52.7 Å². The Bertz CT molecular complexity index is 667. The Morgan fingerprint density at radius 2 is 1.76 bits per heavy atom. The standard InChI is InChI=1S/C19H26F4N4O2/c1-25(13-15-5-3-2-4-6-15)16(28)7-8-24-18(29)27-11-9-26(10-12-27)14-19(22,23)17(20)21/h2-6,17H,7-14H2,1H3,(H,24,29). The van der Waals surface area contributed by atoms with Crippen LogP contribution < -0.4 is 5.32 Å². The van der Waals surface area contributed by atoms with E-state index in [-0.39, 0.29) is 45.1 Å². The number of alkyl halides is 4. The van der Waals surface area contributed by atoms with Crippen molar-refractivity contribution < 1.29 is 27.2 Å². The molecule has 0 aromatic heterocycles. The molecular weight excluding hydrogens is 392 g/mol. The van der Waals surface area contributed by atoms with Gasteiger partial charge in [-0.25, -0.2) is 13.6 Å². The van der Waals surface area contributed by atoms with E-state index in [2.05, 4.69) is 5.32 Å². The molecule has 10 heteroatoms. The number of nitrogens with zero attached hydrogens (tertiary/aromatic N) is 3. The Hall–Kier alpha value is -2.36. The van der Waals surface area contributed by atoms with Crippen LogP contribution >= 0.6 is 0 Å².